The first-order chi connectivity index (χ1) is 15.9. The van der Waals surface area contributed by atoms with Crippen LogP contribution in [-0.4, -0.2) is 36.4 Å². The number of carbonyl (C=O) groups is 2. The zero-order valence-corrected chi connectivity index (χ0v) is 17.7. The summed E-state index contributed by atoms with van der Waals surface area (Å²) in [6, 6.07) is 9.72. The highest BCUT2D eigenvalue weighted by Gasteiger charge is 2.23. The molecule has 0 aliphatic carbocycles. The van der Waals surface area contributed by atoms with E-state index >= 15 is 0 Å². The maximum atomic E-state index is 14.1. The Balaban J connectivity index is 1.48. The molecule has 0 unspecified atom stereocenters. The van der Waals surface area contributed by atoms with Crippen molar-refractivity contribution in [1.29, 1.82) is 0 Å². The molecule has 2 aromatic carbocycles. The van der Waals surface area contributed by atoms with Crippen molar-refractivity contribution in [1.82, 2.24) is 15.6 Å². The van der Waals surface area contributed by atoms with Gasteiger partial charge in [-0.2, -0.15) is 0 Å². The minimum atomic E-state index is -0.933. The Labute approximate surface area is 188 Å². The zero-order valence-electron chi connectivity index (χ0n) is 17.7. The summed E-state index contributed by atoms with van der Waals surface area (Å²) in [7, 11) is 0. The van der Waals surface area contributed by atoms with Crippen LogP contribution in [-0.2, 0) is 0 Å². The van der Waals surface area contributed by atoms with Crippen LogP contribution in [0.3, 0.4) is 0 Å². The second-order valence-electron chi connectivity index (χ2n) is 7.78. The van der Waals surface area contributed by atoms with Crippen molar-refractivity contribution in [2.45, 2.75) is 12.8 Å². The summed E-state index contributed by atoms with van der Waals surface area (Å²) in [5.74, 6) is -3.08. The average molecular weight is 455 g/mol. The Hall–Kier alpha value is -3.79. The first-order valence-electron chi connectivity index (χ1n) is 10.5. The van der Waals surface area contributed by atoms with E-state index in [1.54, 1.807) is 24.3 Å². The van der Waals surface area contributed by atoms with Crippen LogP contribution in [0.15, 0.2) is 46.9 Å². The number of nitrogens with two attached hydrogens (primary N) is 1. The lowest BCUT2D eigenvalue weighted by Crippen LogP contribution is -2.38. The van der Waals surface area contributed by atoms with E-state index in [2.05, 4.69) is 20.9 Å². The van der Waals surface area contributed by atoms with E-state index in [0.29, 0.717) is 23.7 Å². The Morgan fingerprint density at radius 2 is 1.88 bits per heavy atom. The molecule has 0 spiro atoms. The minimum Gasteiger partial charge on any atom is -0.419 e. The molecule has 0 radical (unpaired) electrons. The fourth-order valence-electron chi connectivity index (χ4n) is 3.65. The summed E-state index contributed by atoms with van der Waals surface area (Å²) in [6.07, 6.45) is 2.18. The maximum absolute atomic E-state index is 14.1. The molecule has 1 atom stereocenters. The Morgan fingerprint density at radius 1 is 1.15 bits per heavy atom. The van der Waals surface area contributed by atoms with Crippen molar-refractivity contribution in [3.63, 3.8) is 0 Å². The number of nitrogens with one attached hydrogen (secondary N) is 3. The molecular formula is C23H23F2N5O3. The summed E-state index contributed by atoms with van der Waals surface area (Å²) in [5, 5.41) is 9.06. The minimum absolute atomic E-state index is 0.165. The number of rotatable bonds is 7. The standard InChI is InChI=1S/C23H23F2N5O3/c24-16-4-1-5-17(25)18(16)22-30-19(20(26)31)23(33-22)29-15-8-6-14(7-9-15)21(32)28-12-13-3-2-10-27-11-13/h1,4-9,13,27,29H,2-3,10-12H2,(H2,26,31)(H,28,32)/t13-/m1/s1. The number of benzene rings is 2. The van der Waals surface area contributed by atoms with Gasteiger partial charge < -0.3 is 26.1 Å². The molecule has 1 aromatic heterocycles. The second kappa shape index (κ2) is 9.78. The van der Waals surface area contributed by atoms with E-state index in [4.69, 9.17) is 10.2 Å². The van der Waals surface area contributed by atoms with Crippen molar-refractivity contribution in [3.8, 4) is 11.5 Å². The first-order valence-corrected chi connectivity index (χ1v) is 10.5. The third-order valence-electron chi connectivity index (χ3n) is 5.39. The summed E-state index contributed by atoms with van der Waals surface area (Å²) >= 11 is 0. The fourth-order valence-corrected chi connectivity index (χ4v) is 3.65. The normalized spacial score (nSPS) is 15.8. The zero-order chi connectivity index (χ0) is 23.4. The molecule has 8 nitrogen and oxygen atoms in total. The molecule has 1 aliphatic rings. The third-order valence-corrected chi connectivity index (χ3v) is 5.39. The number of amides is 2. The molecular weight excluding hydrogens is 432 g/mol. The third kappa shape index (κ3) is 5.17. The van der Waals surface area contributed by atoms with Gasteiger partial charge in [-0.05, 0) is 68.2 Å². The highest BCUT2D eigenvalue weighted by Crippen LogP contribution is 2.31. The van der Waals surface area contributed by atoms with Gasteiger partial charge in [0.15, 0.2) is 5.69 Å². The molecule has 2 heterocycles. The molecule has 0 bridgehead atoms. The Kier molecular flexibility index (Phi) is 6.64. The lowest BCUT2D eigenvalue weighted by Gasteiger charge is -2.22. The number of halogens is 2. The quantitative estimate of drug-likeness (QED) is 0.434. The van der Waals surface area contributed by atoms with E-state index < -0.39 is 29.0 Å². The van der Waals surface area contributed by atoms with Crippen molar-refractivity contribution >= 4 is 23.4 Å². The van der Waals surface area contributed by atoms with Crippen LogP contribution in [0, 0.1) is 17.6 Å². The topological polar surface area (TPSA) is 122 Å². The molecule has 1 fully saturated rings. The fraction of sp³-hybridized carbons (Fsp3) is 0.261. The van der Waals surface area contributed by atoms with Crippen molar-refractivity contribution < 1.29 is 22.8 Å². The second-order valence-corrected chi connectivity index (χ2v) is 7.78. The molecule has 4 rings (SSSR count). The summed E-state index contributed by atoms with van der Waals surface area (Å²) in [5.41, 5.74) is 5.46. The van der Waals surface area contributed by atoms with Crippen LogP contribution in [0.5, 0.6) is 0 Å². The predicted octanol–water partition coefficient (Wildman–Crippen LogP) is 3.19. The van der Waals surface area contributed by atoms with E-state index in [1.807, 2.05) is 0 Å². The van der Waals surface area contributed by atoms with Gasteiger partial charge in [0.25, 0.3) is 11.8 Å². The lowest BCUT2D eigenvalue weighted by molar-refractivity contribution is 0.0943. The Bertz CT molecular complexity index is 1140. The van der Waals surface area contributed by atoms with Gasteiger partial charge in [0.05, 0.1) is 0 Å². The predicted molar refractivity (Wildman–Crippen MR) is 118 cm³/mol. The molecule has 5 N–H and O–H groups in total. The number of anilines is 2. The number of carbonyl (C=O) groups excluding carboxylic acids is 2. The summed E-state index contributed by atoms with van der Waals surface area (Å²) < 4.78 is 33.6. The van der Waals surface area contributed by atoms with Gasteiger partial charge in [0, 0.05) is 17.8 Å². The van der Waals surface area contributed by atoms with E-state index in [1.165, 1.54) is 6.07 Å². The molecule has 1 aliphatic heterocycles. The maximum Gasteiger partial charge on any atom is 0.273 e. The van der Waals surface area contributed by atoms with Gasteiger partial charge >= 0.3 is 0 Å². The highest BCUT2D eigenvalue weighted by atomic mass is 19.1. The van der Waals surface area contributed by atoms with Crippen LogP contribution >= 0.6 is 0 Å². The number of aromatic nitrogens is 1. The van der Waals surface area contributed by atoms with Crippen LogP contribution in [0.4, 0.5) is 20.4 Å². The molecule has 1 saturated heterocycles. The van der Waals surface area contributed by atoms with Crippen LogP contribution in [0.25, 0.3) is 11.5 Å². The summed E-state index contributed by atoms with van der Waals surface area (Å²) in [6.45, 7) is 2.50. The van der Waals surface area contributed by atoms with E-state index in [0.717, 1.165) is 38.1 Å². The number of piperidine rings is 1. The van der Waals surface area contributed by atoms with Crippen molar-refractivity contribution in [2.24, 2.45) is 11.7 Å². The molecule has 0 saturated carbocycles. The molecule has 10 heteroatoms. The Morgan fingerprint density at radius 3 is 2.52 bits per heavy atom. The van der Waals surface area contributed by atoms with Gasteiger partial charge in [-0.3, -0.25) is 9.59 Å². The number of primary amides is 1. The smallest absolute Gasteiger partial charge is 0.273 e. The molecule has 3 aromatic rings. The van der Waals surface area contributed by atoms with Gasteiger partial charge in [-0.1, -0.05) is 6.07 Å². The molecule has 33 heavy (non-hydrogen) atoms. The van der Waals surface area contributed by atoms with Crippen LogP contribution in [0.1, 0.15) is 33.7 Å². The van der Waals surface area contributed by atoms with Gasteiger partial charge in [-0.25, -0.2) is 13.8 Å². The number of hydrogen-bond acceptors (Lipinski definition) is 6. The largest absolute Gasteiger partial charge is 0.419 e. The number of nitrogens with zero attached hydrogens (tertiary/aromatic N) is 1. The van der Waals surface area contributed by atoms with Crippen molar-refractivity contribution in [2.75, 3.05) is 25.0 Å². The van der Waals surface area contributed by atoms with Gasteiger partial charge in [-0.15, -0.1) is 0 Å². The average Bonchev–Trinajstić information content (AvgIpc) is 3.22. The van der Waals surface area contributed by atoms with E-state index in [-0.39, 0.29) is 17.5 Å². The lowest BCUT2D eigenvalue weighted by atomic mass is 9.99. The molecule has 172 valence electrons. The monoisotopic (exact) mass is 455 g/mol. The number of oxazole rings is 1. The number of hydrogen-bond donors (Lipinski definition) is 4. The van der Waals surface area contributed by atoms with Gasteiger partial charge in [0.1, 0.15) is 17.2 Å². The molecule has 2 amide bonds. The van der Waals surface area contributed by atoms with Crippen LogP contribution < -0.4 is 21.7 Å². The van der Waals surface area contributed by atoms with Crippen molar-refractivity contribution in [3.05, 3.63) is 65.4 Å². The first kappa shape index (κ1) is 22.4. The van der Waals surface area contributed by atoms with E-state index in [9.17, 15) is 18.4 Å². The van der Waals surface area contributed by atoms with Gasteiger partial charge in [0.2, 0.25) is 11.8 Å². The SMILES string of the molecule is NC(=O)c1nc(-c2c(F)cccc2F)oc1Nc1ccc(C(=O)NC[C@@H]2CCCNC2)cc1. The highest BCUT2D eigenvalue weighted by molar-refractivity contribution is 5.97. The summed E-state index contributed by atoms with van der Waals surface area (Å²) in [4.78, 5) is 28.1. The van der Waals surface area contributed by atoms with Crippen LogP contribution in [0.2, 0.25) is 0 Å².